The summed E-state index contributed by atoms with van der Waals surface area (Å²) in [6.45, 7) is 10.2. The number of benzene rings is 1. The first-order valence-electron chi connectivity index (χ1n) is 9.13. The molecule has 3 aromatic heterocycles. The average Bonchev–Trinajstić information content (AvgIpc) is 3.31. The Balaban J connectivity index is 1.77. The lowest BCUT2D eigenvalue weighted by atomic mass is 10.2. The van der Waals surface area contributed by atoms with E-state index in [0.717, 1.165) is 21.0 Å². The molecule has 0 aliphatic rings. The molecule has 29 heavy (non-hydrogen) atoms. The van der Waals surface area contributed by atoms with Crippen LogP contribution in [0.15, 0.2) is 52.9 Å². The second-order valence-electron chi connectivity index (χ2n) is 6.61. The van der Waals surface area contributed by atoms with Crippen molar-refractivity contribution in [1.82, 2.24) is 29.8 Å². The highest BCUT2D eigenvalue weighted by atomic mass is 32.2. The molecule has 0 saturated heterocycles. The minimum absolute atomic E-state index is 0.0332. The highest BCUT2D eigenvalue weighted by Gasteiger charge is 2.22. The second-order valence-corrected chi connectivity index (χ2v) is 9.12. The number of aromatic nitrogens is 6. The van der Waals surface area contributed by atoms with Gasteiger partial charge in [-0.05, 0) is 48.9 Å². The molecule has 4 rings (SSSR count). The zero-order valence-electron chi connectivity index (χ0n) is 16.4. The molecular weight excluding hydrogens is 404 g/mol. The molecule has 4 aromatic rings. The average molecular weight is 425 g/mol. The molecule has 1 aromatic carbocycles. The molecule has 0 aliphatic carbocycles. The number of tetrazole rings is 1. The van der Waals surface area contributed by atoms with Gasteiger partial charge in [-0.15, -0.1) is 23.0 Å². The van der Waals surface area contributed by atoms with Crippen molar-refractivity contribution in [3.63, 3.8) is 0 Å². The number of thioether (sulfide) groups is 1. The summed E-state index contributed by atoms with van der Waals surface area (Å²) in [5.41, 5.74) is 1.85. The fourth-order valence-corrected chi connectivity index (χ4v) is 5.18. The van der Waals surface area contributed by atoms with Gasteiger partial charge in [-0.3, -0.25) is 9.36 Å². The first-order valence-corrected chi connectivity index (χ1v) is 10.8. The lowest BCUT2D eigenvalue weighted by molar-refractivity contribution is 0.669. The van der Waals surface area contributed by atoms with Gasteiger partial charge in [0.25, 0.3) is 5.56 Å². The first kappa shape index (κ1) is 19.5. The number of nitrogens with zero attached hydrogens (tertiary/aromatic N) is 6. The molecule has 0 aliphatic heterocycles. The maximum Gasteiger partial charge on any atom is 0.263 e. The number of rotatable bonds is 6. The van der Waals surface area contributed by atoms with E-state index in [9.17, 15) is 4.79 Å². The molecule has 0 N–H and O–H groups in total. The summed E-state index contributed by atoms with van der Waals surface area (Å²) in [5, 5.41) is 13.4. The number of aryl methyl sites for hydroxylation is 2. The van der Waals surface area contributed by atoms with Gasteiger partial charge in [0.05, 0.1) is 16.3 Å². The summed E-state index contributed by atoms with van der Waals surface area (Å²) in [6, 6.07) is 9.73. The largest absolute Gasteiger partial charge is 0.283 e. The van der Waals surface area contributed by atoms with Crippen molar-refractivity contribution in [3.8, 4) is 5.69 Å². The van der Waals surface area contributed by atoms with Gasteiger partial charge in [0.1, 0.15) is 4.83 Å². The summed E-state index contributed by atoms with van der Waals surface area (Å²) < 4.78 is 3.39. The summed E-state index contributed by atoms with van der Waals surface area (Å²) in [7, 11) is 0. The van der Waals surface area contributed by atoms with E-state index >= 15 is 0 Å². The van der Waals surface area contributed by atoms with Crippen molar-refractivity contribution in [1.29, 1.82) is 0 Å². The SMILES string of the molecule is C=CCn1c(S[C@@H](C)c2nnnn2-c2ccccc2)nc2sc(C)c(C)c2c1=O. The topological polar surface area (TPSA) is 78.5 Å². The van der Waals surface area contributed by atoms with Crippen LogP contribution in [0.5, 0.6) is 0 Å². The van der Waals surface area contributed by atoms with E-state index in [2.05, 4.69) is 22.1 Å². The normalized spacial score (nSPS) is 12.4. The molecule has 9 heteroatoms. The second kappa shape index (κ2) is 7.92. The summed E-state index contributed by atoms with van der Waals surface area (Å²) >= 11 is 3.02. The fraction of sp³-hybridized carbons (Fsp3) is 0.250. The van der Waals surface area contributed by atoms with Gasteiger partial charge < -0.3 is 0 Å². The van der Waals surface area contributed by atoms with E-state index in [1.54, 1.807) is 26.7 Å². The van der Waals surface area contributed by atoms with Gasteiger partial charge in [-0.25, -0.2) is 4.98 Å². The Kier molecular flexibility index (Phi) is 5.33. The lowest BCUT2D eigenvalue weighted by Crippen LogP contribution is -2.23. The Bertz CT molecular complexity index is 1240. The fourth-order valence-electron chi connectivity index (χ4n) is 3.10. The smallest absolute Gasteiger partial charge is 0.263 e. The molecule has 0 spiro atoms. The monoisotopic (exact) mass is 424 g/mol. The van der Waals surface area contributed by atoms with Crippen LogP contribution < -0.4 is 5.56 Å². The van der Waals surface area contributed by atoms with Crippen LogP contribution in [0.4, 0.5) is 0 Å². The Morgan fingerprint density at radius 1 is 1.28 bits per heavy atom. The third kappa shape index (κ3) is 3.51. The van der Waals surface area contributed by atoms with Crippen molar-refractivity contribution in [2.45, 2.75) is 37.7 Å². The Hall–Kier alpha value is -2.78. The van der Waals surface area contributed by atoms with Crippen LogP contribution in [-0.2, 0) is 6.54 Å². The molecule has 0 bridgehead atoms. The standard InChI is InChI=1S/C20H20N6OS2/c1-5-11-25-19(27)16-12(2)13(3)28-18(16)21-20(25)29-14(4)17-22-23-24-26(17)15-9-7-6-8-10-15/h5-10,14H,1,11H2,2-4H3/t14-/m0/s1. The maximum absolute atomic E-state index is 13.2. The quantitative estimate of drug-likeness (QED) is 0.264. The Labute approximate surface area is 176 Å². The summed E-state index contributed by atoms with van der Waals surface area (Å²) in [5.74, 6) is 0.694. The third-order valence-electron chi connectivity index (χ3n) is 4.71. The van der Waals surface area contributed by atoms with Crippen molar-refractivity contribution in [2.24, 2.45) is 0 Å². The maximum atomic E-state index is 13.2. The molecule has 0 saturated carbocycles. The van der Waals surface area contributed by atoms with E-state index in [-0.39, 0.29) is 10.8 Å². The molecular formula is C20H20N6OS2. The minimum Gasteiger partial charge on any atom is -0.283 e. The van der Waals surface area contributed by atoms with Gasteiger partial charge >= 0.3 is 0 Å². The van der Waals surface area contributed by atoms with Crippen LogP contribution in [0.3, 0.4) is 0 Å². The molecule has 0 unspecified atom stereocenters. The van der Waals surface area contributed by atoms with Crippen molar-refractivity contribution < 1.29 is 0 Å². The predicted octanol–water partition coefficient (Wildman–Crippen LogP) is 4.09. The van der Waals surface area contributed by atoms with Crippen molar-refractivity contribution in [2.75, 3.05) is 0 Å². The van der Waals surface area contributed by atoms with Crippen LogP contribution in [0.25, 0.3) is 15.9 Å². The van der Waals surface area contributed by atoms with Crippen molar-refractivity contribution in [3.05, 3.63) is 69.6 Å². The number of allylic oxidation sites excluding steroid dienone is 1. The van der Waals surface area contributed by atoms with Gasteiger partial charge in [-0.1, -0.05) is 36.0 Å². The third-order valence-corrected chi connectivity index (χ3v) is 6.89. The van der Waals surface area contributed by atoms with Gasteiger partial charge in [-0.2, -0.15) is 4.68 Å². The number of para-hydroxylation sites is 1. The van der Waals surface area contributed by atoms with E-state index in [0.29, 0.717) is 22.9 Å². The molecule has 3 heterocycles. The van der Waals surface area contributed by atoms with Crippen LogP contribution in [0.2, 0.25) is 0 Å². The molecule has 1 atom stereocenters. The van der Waals surface area contributed by atoms with Gasteiger partial charge in [0.2, 0.25) is 0 Å². The molecule has 7 nitrogen and oxygen atoms in total. The van der Waals surface area contributed by atoms with Crippen LogP contribution >= 0.6 is 23.1 Å². The molecule has 0 fully saturated rings. The number of hydrogen-bond acceptors (Lipinski definition) is 7. The van der Waals surface area contributed by atoms with E-state index in [4.69, 9.17) is 4.98 Å². The summed E-state index contributed by atoms with van der Waals surface area (Å²) in [6.07, 6.45) is 1.71. The lowest BCUT2D eigenvalue weighted by Gasteiger charge is -2.14. The van der Waals surface area contributed by atoms with Gasteiger partial charge in [0.15, 0.2) is 11.0 Å². The molecule has 0 amide bonds. The minimum atomic E-state index is -0.118. The van der Waals surface area contributed by atoms with E-state index in [1.807, 2.05) is 51.1 Å². The Morgan fingerprint density at radius 2 is 2.03 bits per heavy atom. The molecule has 148 valence electrons. The van der Waals surface area contributed by atoms with Crippen LogP contribution in [0, 0.1) is 13.8 Å². The zero-order valence-corrected chi connectivity index (χ0v) is 18.0. The van der Waals surface area contributed by atoms with E-state index in [1.165, 1.54) is 11.8 Å². The number of fused-ring (bicyclic) bond motifs is 1. The first-order chi connectivity index (χ1) is 14.0. The highest BCUT2D eigenvalue weighted by Crippen LogP contribution is 2.35. The van der Waals surface area contributed by atoms with Gasteiger partial charge in [0, 0.05) is 11.4 Å². The van der Waals surface area contributed by atoms with Crippen molar-refractivity contribution >= 4 is 33.3 Å². The Morgan fingerprint density at radius 3 is 2.76 bits per heavy atom. The summed E-state index contributed by atoms with van der Waals surface area (Å²) in [4.78, 5) is 19.8. The van der Waals surface area contributed by atoms with Crippen LogP contribution in [0.1, 0.15) is 28.4 Å². The van der Waals surface area contributed by atoms with Crippen LogP contribution in [-0.4, -0.2) is 29.8 Å². The van der Waals surface area contributed by atoms with E-state index < -0.39 is 0 Å². The number of thiophene rings is 1. The molecule has 0 radical (unpaired) electrons. The highest BCUT2D eigenvalue weighted by molar-refractivity contribution is 7.99. The predicted molar refractivity (Wildman–Crippen MR) is 117 cm³/mol. The zero-order chi connectivity index (χ0) is 20.5. The number of hydrogen-bond donors (Lipinski definition) is 0.